The molecule has 0 aliphatic carbocycles. The van der Waals surface area contributed by atoms with Gasteiger partial charge in [0.25, 0.3) is 0 Å². The van der Waals surface area contributed by atoms with Crippen LogP contribution in [0.25, 0.3) is 0 Å². The highest BCUT2D eigenvalue weighted by molar-refractivity contribution is 5.81. The number of amides is 1. The van der Waals surface area contributed by atoms with E-state index in [0.29, 0.717) is 19.8 Å². The maximum atomic E-state index is 12.1. The molecule has 1 amide bonds. The second-order valence-corrected chi connectivity index (χ2v) is 5.01. The number of hydrogen-bond acceptors (Lipinski definition) is 3. The molecule has 0 bridgehead atoms. The van der Waals surface area contributed by atoms with Gasteiger partial charge in [0, 0.05) is 6.61 Å². The number of nitrogens with one attached hydrogen (secondary N) is 1. The van der Waals surface area contributed by atoms with Gasteiger partial charge in [0.1, 0.15) is 6.17 Å². The Hall–Kier alpha value is -1.39. The predicted octanol–water partition coefficient (Wildman–Crippen LogP) is 1.85. The fraction of sp³-hybridized carbons (Fsp3) is 0.533. The molecular formula is C15H22N2O2. The lowest BCUT2D eigenvalue weighted by molar-refractivity contribution is -0.131. The smallest absolute Gasteiger partial charge is 0.238 e. The summed E-state index contributed by atoms with van der Waals surface area (Å²) >= 11 is 0. The maximum absolute atomic E-state index is 12.1. The van der Waals surface area contributed by atoms with E-state index < -0.39 is 0 Å². The third kappa shape index (κ3) is 3.14. The molecule has 1 N–H and O–H groups in total. The summed E-state index contributed by atoms with van der Waals surface area (Å²) < 4.78 is 5.44. The summed E-state index contributed by atoms with van der Waals surface area (Å²) in [5, 5.41) is 3.28. The second kappa shape index (κ2) is 6.17. The Bertz CT molecular complexity index is 448. The lowest BCUT2D eigenvalue weighted by atomic mass is 10.1. The molecule has 1 aromatic rings. The van der Waals surface area contributed by atoms with Crippen LogP contribution in [0.15, 0.2) is 24.3 Å². The molecule has 2 atom stereocenters. The number of aryl methyl sites for hydroxylation is 1. The van der Waals surface area contributed by atoms with E-state index in [1.54, 1.807) is 0 Å². The van der Waals surface area contributed by atoms with Crippen LogP contribution in [-0.2, 0) is 9.53 Å². The Kier molecular flexibility index (Phi) is 4.56. The van der Waals surface area contributed by atoms with Crippen molar-refractivity contribution in [1.29, 1.82) is 0 Å². The molecule has 1 fully saturated rings. The van der Waals surface area contributed by atoms with Crippen molar-refractivity contribution in [3.8, 4) is 0 Å². The zero-order valence-corrected chi connectivity index (χ0v) is 11.8. The van der Waals surface area contributed by atoms with Gasteiger partial charge in [-0.25, -0.2) is 0 Å². The average molecular weight is 262 g/mol. The molecule has 2 rings (SSSR count). The lowest BCUT2D eigenvalue weighted by Crippen LogP contribution is -2.40. The average Bonchev–Trinajstić information content (AvgIpc) is 2.78. The first-order valence-corrected chi connectivity index (χ1v) is 6.82. The quantitative estimate of drug-likeness (QED) is 0.880. The SMILES string of the molecule is CCOCC(C)N1C(=O)CNC1c1cccc(C)c1. The summed E-state index contributed by atoms with van der Waals surface area (Å²) in [6.45, 7) is 7.71. The molecule has 104 valence electrons. The first kappa shape index (κ1) is 14.0. The fourth-order valence-electron chi connectivity index (χ4n) is 2.51. The van der Waals surface area contributed by atoms with Gasteiger partial charge in [0.15, 0.2) is 0 Å². The zero-order valence-electron chi connectivity index (χ0n) is 11.8. The molecule has 1 heterocycles. The summed E-state index contributed by atoms with van der Waals surface area (Å²) in [5.41, 5.74) is 2.34. The van der Waals surface area contributed by atoms with Crippen LogP contribution in [0.5, 0.6) is 0 Å². The standard InChI is InChI=1S/C15H22N2O2/c1-4-19-10-12(3)17-14(18)9-16-15(17)13-7-5-6-11(2)8-13/h5-8,12,15-16H,4,9-10H2,1-3H3. The summed E-state index contributed by atoms with van der Waals surface area (Å²) in [7, 11) is 0. The molecule has 0 radical (unpaired) electrons. The van der Waals surface area contributed by atoms with E-state index in [0.717, 1.165) is 5.56 Å². The first-order chi connectivity index (χ1) is 9.13. The van der Waals surface area contributed by atoms with Crippen LogP contribution in [0, 0.1) is 6.92 Å². The number of carbonyl (C=O) groups excluding carboxylic acids is 1. The number of ether oxygens (including phenoxy) is 1. The third-order valence-electron chi connectivity index (χ3n) is 3.41. The highest BCUT2D eigenvalue weighted by atomic mass is 16.5. The lowest BCUT2D eigenvalue weighted by Gasteiger charge is -2.30. The summed E-state index contributed by atoms with van der Waals surface area (Å²) in [6.07, 6.45) is -0.0390. The van der Waals surface area contributed by atoms with E-state index in [9.17, 15) is 4.79 Å². The van der Waals surface area contributed by atoms with Crippen molar-refractivity contribution in [2.45, 2.75) is 33.0 Å². The van der Waals surface area contributed by atoms with Crippen LogP contribution < -0.4 is 5.32 Å². The summed E-state index contributed by atoms with van der Waals surface area (Å²) in [5.74, 6) is 0.138. The molecule has 1 aliphatic heterocycles. The molecule has 2 unspecified atom stereocenters. The van der Waals surface area contributed by atoms with Crippen molar-refractivity contribution in [2.24, 2.45) is 0 Å². The van der Waals surface area contributed by atoms with Crippen molar-refractivity contribution in [2.75, 3.05) is 19.8 Å². The minimum Gasteiger partial charge on any atom is -0.380 e. The Balaban J connectivity index is 2.17. The molecule has 19 heavy (non-hydrogen) atoms. The topological polar surface area (TPSA) is 41.6 Å². The van der Waals surface area contributed by atoms with Crippen LogP contribution in [0.3, 0.4) is 0 Å². The van der Waals surface area contributed by atoms with Gasteiger partial charge in [-0.15, -0.1) is 0 Å². The highest BCUT2D eigenvalue weighted by Gasteiger charge is 2.34. The van der Waals surface area contributed by atoms with Gasteiger partial charge in [-0.2, -0.15) is 0 Å². The van der Waals surface area contributed by atoms with Gasteiger partial charge < -0.3 is 9.64 Å². The van der Waals surface area contributed by atoms with Gasteiger partial charge in [-0.1, -0.05) is 29.8 Å². The molecule has 0 aromatic heterocycles. The van der Waals surface area contributed by atoms with Crippen LogP contribution in [-0.4, -0.2) is 36.6 Å². The largest absolute Gasteiger partial charge is 0.380 e. The van der Waals surface area contributed by atoms with E-state index in [1.807, 2.05) is 24.8 Å². The van der Waals surface area contributed by atoms with Crippen molar-refractivity contribution in [3.63, 3.8) is 0 Å². The molecule has 1 aliphatic rings. The van der Waals surface area contributed by atoms with E-state index in [2.05, 4.69) is 30.4 Å². The van der Waals surface area contributed by atoms with Crippen molar-refractivity contribution in [3.05, 3.63) is 35.4 Å². The number of benzene rings is 1. The molecular weight excluding hydrogens is 240 g/mol. The van der Waals surface area contributed by atoms with Crippen LogP contribution in [0.4, 0.5) is 0 Å². The normalized spacial score (nSPS) is 20.9. The predicted molar refractivity (Wildman–Crippen MR) is 74.7 cm³/mol. The minimum atomic E-state index is -0.0390. The van der Waals surface area contributed by atoms with Crippen molar-refractivity contribution in [1.82, 2.24) is 10.2 Å². The Morgan fingerprint density at radius 3 is 3.00 bits per heavy atom. The van der Waals surface area contributed by atoms with Crippen LogP contribution in [0.2, 0.25) is 0 Å². The molecule has 1 aromatic carbocycles. The molecule has 1 saturated heterocycles. The molecule has 0 saturated carbocycles. The summed E-state index contributed by atoms with van der Waals surface area (Å²) in [6, 6.07) is 8.35. The number of carbonyl (C=O) groups is 1. The number of nitrogens with zero attached hydrogens (tertiary/aromatic N) is 1. The number of rotatable bonds is 5. The monoisotopic (exact) mass is 262 g/mol. The van der Waals surface area contributed by atoms with E-state index >= 15 is 0 Å². The molecule has 4 heteroatoms. The first-order valence-electron chi connectivity index (χ1n) is 6.82. The van der Waals surface area contributed by atoms with Gasteiger partial charge in [-0.05, 0) is 26.3 Å². The Labute approximate surface area is 114 Å². The van der Waals surface area contributed by atoms with E-state index in [-0.39, 0.29) is 18.1 Å². The maximum Gasteiger partial charge on any atom is 0.238 e. The van der Waals surface area contributed by atoms with Crippen molar-refractivity contribution >= 4 is 5.91 Å². The van der Waals surface area contributed by atoms with Gasteiger partial charge in [0.05, 0.1) is 19.2 Å². The van der Waals surface area contributed by atoms with Gasteiger partial charge >= 0.3 is 0 Å². The van der Waals surface area contributed by atoms with Crippen LogP contribution in [0.1, 0.15) is 31.1 Å². The number of hydrogen-bond donors (Lipinski definition) is 1. The van der Waals surface area contributed by atoms with Crippen LogP contribution >= 0.6 is 0 Å². The van der Waals surface area contributed by atoms with Gasteiger partial charge in [0.2, 0.25) is 5.91 Å². The molecule has 4 nitrogen and oxygen atoms in total. The van der Waals surface area contributed by atoms with E-state index in [4.69, 9.17) is 4.74 Å². The molecule has 0 spiro atoms. The zero-order chi connectivity index (χ0) is 13.8. The van der Waals surface area contributed by atoms with E-state index in [1.165, 1.54) is 5.56 Å². The highest BCUT2D eigenvalue weighted by Crippen LogP contribution is 2.25. The third-order valence-corrected chi connectivity index (χ3v) is 3.41. The Morgan fingerprint density at radius 2 is 2.32 bits per heavy atom. The van der Waals surface area contributed by atoms with Gasteiger partial charge in [-0.3, -0.25) is 10.1 Å². The minimum absolute atomic E-state index is 0.0390. The fourth-order valence-corrected chi connectivity index (χ4v) is 2.51. The van der Waals surface area contributed by atoms with Crippen molar-refractivity contribution < 1.29 is 9.53 Å². The summed E-state index contributed by atoms with van der Waals surface area (Å²) in [4.78, 5) is 13.9. The second-order valence-electron chi connectivity index (χ2n) is 5.01. The Morgan fingerprint density at radius 1 is 1.53 bits per heavy atom.